The van der Waals surface area contributed by atoms with Crippen molar-refractivity contribution in [3.63, 3.8) is 0 Å². The van der Waals surface area contributed by atoms with Gasteiger partial charge in [0.2, 0.25) is 0 Å². The number of nitrogens with one attached hydrogen (secondary N) is 2. The van der Waals surface area contributed by atoms with Crippen LogP contribution >= 0.6 is 0 Å². The van der Waals surface area contributed by atoms with Crippen LogP contribution < -0.4 is 4.74 Å². The zero-order valence-electron chi connectivity index (χ0n) is 20.2. The normalized spacial score (nSPS) is 14.4. The van der Waals surface area contributed by atoms with E-state index < -0.39 is 0 Å². The van der Waals surface area contributed by atoms with Gasteiger partial charge in [0.05, 0.1) is 29.4 Å². The summed E-state index contributed by atoms with van der Waals surface area (Å²) in [7, 11) is 0. The van der Waals surface area contributed by atoms with Crippen LogP contribution in [0.2, 0.25) is 0 Å². The highest BCUT2D eigenvalue weighted by atomic mass is 16.5. The quantitative estimate of drug-likeness (QED) is 0.294. The predicted octanol–water partition coefficient (Wildman–Crippen LogP) is 6.34. The van der Waals surface area contributed by atoms with E-state index in [2.05, 4.69) is 53.3 Å². The van der Waals surface area contributed by atoms with E-state index in [4.69, 9.17) is 4.74 Å². The first kappa shape index (κ1) is 21.7. The molecule has 0 spiro atoms. The second-order valence-electron chi connectivity index (χ2n) is 9.52. The molecule has 0 saturated heterocycles. The lowest BCUT2D eigenvalue weighted by atomic mass is 9.98. The lowest BCUT2D eigenvalue weighted by molar-refractivity contribution is 0.154. The first-order valence-corrected chi connectivity index (χ1v) is 12.7. The van der Waals surface area contributed by atoms with E-state index in [-0.39, 0.29) is 6.10 Å². The minimum absolute atomic E-state index is 0.278. The number of aromatic nitrogens is 7. The topological polar surface area (TPSA) is 105 Å². The van der Waals surface area contributed by atoms with Crippen LogP contribution in [0.25, 0.3) is 55.7 Å². The molecule has 0 radical (unpaired) electrons. The number of hydrogen-bond acceptors (Lipinski definition) is 6. The second-order valence-corrected chi connectivity index (χ2v) is 9.52. The van der Waals surface area contributed by atoms with Crippen molar-refractivity contribution in [2.45, 2.75) is 38.2 Å². The number of hydrogen-bond donors (Lipinski definition) is 2. The summed E-state index contributed by atoms with van der Waals surface area (Å²) in [6.07, 6.45) is 17.1. The van der Waals surface area contributed by atoms with Crippen LogP contribution in [0.3, 0.4) is 0 Å². The lowest BCUT2D eigenvalue weighted by Crippen LogP contribution is -2.19. The van der Waals surface area contributed by atoms with Gasteiger partial charge in [-0.1, -0.05) is 6.42 Å². The van der Waals surface area contributed by atoms with Gasteiger partial charge in [-0.05, 0) is 62.1 Å². The summed E-state index contributed by atoms with van der Waals surface area (Å²) in [5.74, 6) is 0.809. The zero-order chi connectivity index (χ0) is 24.6. The van der Waals surface area contributed by atoms with Gasteiger partial charge in [0, 0.05) is 64.0 Å². The Morgan fingerprint density at radius 1 is 0.757 bits per heavy atom. The maximum atomic E-state index is 6.25. The molecular weight excluding hydrogens is 462 g/mol. The largest absolute Gasteiger partial charge is 0.489 e. The maximum absolute atomic E-state index is 6.25. The Kier molecular flexibility index (Phi) is 5.35. The highest BCUT2D eigenvalue weighted by molar-refractivity contribution is 5.99. The fourth-order valence-corrected chi connectivity index (χ4v) is 5.21. The highest BCUT2D eigenvalue weighted by Gasteiger charge is 2.17. The molecule has 0 aliphatic heterocycles. The number of ether oxygens (including phenoxy) is 1. The molecule has 1 fully saturated rings. The average Bonchev–Trinajstić information content (AvgIpc) is 3.58. The molecule has 8 heteroatoms. The van der Waals surface area contributed by atoms with Crippen molar-refractivity contribution < 1.29 is 4.74 Å². The molecule has 0 atom stereocenters. The van der Waals surface area contributed by atoms with Gasteiger partial charge in [-0.25, -0.2) is 4.98 Å². The number of fused-ring (bicyclic) bond motifs is 2. The van der Waals surface area contributed by atoms with E-state index in [1.54, 1.807) is 18.6 Å². The summed E-state index contributed by atoms with van der Waals surface area (Å²) in [6.45, 7) is 0. The fourth-order valence-electron chi connectivity index (χ4n) is 5.21. The Hall–Kier alpha value is -4.59. The summed E-state index contributed by atoms with van der Waals surface area (Å²) < 4.78 is 6.25. The molecule has 37 heavy (non-hydrogen) atoms. The number of H-pyrrole nitrogens is 2. The molecule has 1 aliphatic rings. The van der Waals surface area contributed by atoms with Gasteiger partial charge in [0.25, 0.3) is 0 Å². The predicted molar refractivity (Wildman–Crippen MR) is 143 cm³/mol. The zero-order valence-corrected chi connectivity index (χ0v) is 20.2. The lowest BCUT2D eigenvalue weighted by Gasteiger charge is -2.23. The van der Waals surface area contributed by atoms with Crippen LogP contribution in [0.4, 0.5) is 0 Å². The molecule has 2 N–H and O–H groups in total. The molecule has 7 rings (SSSR count). The van der Waals surface area contributed by atoms with Crippen molar-refractivity contribution in [1.82, 2.24) is 35.1 Å². The van der Waals surface area contributed by atoms with Crippen LogP contribution in [-0.4, -0.2) is 41.2 Å². The fraction of sp³-hybridized carbons (Fsp3) is 0.207. The minimum atomic E-state index is 0.278. The summed E-state index contributed by atoms with van der Waals surface area (Å²) in [5.41, 5.74) is 7.32. The molecule has 6 aromatic heterocycles. The van der Waals surface area contributed by atoms with Gasteiger partial charge < -0.3 is 9.72 Å². The molecule has 182 valence electrons. The molecule has 8 nitrogen and oxygen atoms in total. The third kappa shape index (κ3) is 4.10. The number of nitrogens with zero attached hydrogens (tertiary/aromatic N) is 5. The van der Waals surface area contributed by atoms with Crippen molar-refractivity contribution in [1.29, 1.82) is 0 Å². The SMILES string of the molecule is c1cc(-c2nccc3[nH]c(-c4[nH]nc5ncc(-c6cncc(OC7CCCCC7)c6)cc45)cc23)ccn1. The van der Waals surface area contributed by atoms with E-state index in [0.717, 1.165) is 68.7 Å². The monoisotopic (exact) mass is 487 g/mol. The van der Waals surface area contributed by atoms with Crippen LogP contribution in [0.5, 0.6) is 5.75 Å². The smallest absolute Gasteiger partial charge is 0.181 e. The molecule has 0 bridgehead atoms. The van der Waals surface area contributed by atoms with Gasteiger partial charge in [0.1, 0.15) is 5.75 Å². The van der Waals surface area contributed by atoms with Gasteiger partial charge in [-0.2, -0.15) is 5.10 Å². The van der Waals surface area contributed by atoms with Crippen molar-refractivity contribution in [3.8, 4) is 39.5 Å². The minimum Gasteiger partial charge on any atom is -0.489 e. The van der Waals surface area contributed by atoms with Crippen molar-refractivity contribution >= 4 is 21.9 Å². The van der Waals surface area contributed by atoms with Gasteiger partial charge in [-0.3, -0.25) is 20.1 Å². The van der Waals surface area contributed by atoms with E-state index in [9.17, 15) is 0 Å². The van der Waals surface area contributed by atoms with Crippen molar-refractivity contribution in [2.24, 2.45) is 0 Å². The first-order valence-electron chi connectivity index (χ1n) is 12.7. The molecule has 1 saturated carbocycles. The third-order valence-electron chi connectivity index (χ3n) is 7.08. The van der Waals surface area contributed by atoms with Crippen molar-refractivity contribution in [3.05, 3.63) is 73.6 Å². The summed E-state index contributed by atoms with van der Waals surface area (Å²) in [4.78, 5) is 21.4. The Bertz CT molecular complexity index is 1700. The number of pyridine rings is 4. The van der Waals surface area contributed by atoms with Crippen molar-refractivity contribution in [2.75, 3.05) is 0 Å². The van der Waals surface area contributed by atoms with Crippen LogP contribution in [0, 0.1) is 0 Å². The average molecular weight is 488 g/mol. The second kappa shape index (κ2) is 9.13. The molecule has 1 aliphatic carbocycles. The van der Waals surface area contributed by atoms with Gasteiger partial charge >= 0.3 is 0 Å². The molecule has 6 aromatic rings. The molecular formula is C29H25N7O. The Morgan fingerprint density at radius 2 is 1.62 bits per heavy atom. The third-order valence-corrected chi connectivity index (χ3v) is 7.08. The summed E-state index contributed by atoms with van der Waals surface area (Å²) >= 11 is 0. The molecule has 0 amide bonds. The standard InChI is InChI=1S/C29H25N7O/c1-2-4-21(5-3-1)37-22-12-19(15-31-17-22)20-13-24-28(35-36-29(24)33-16-20)26-14-23-25(34-26)8-11-32-27(23)18-6-9-30-10-7-18/h6-17,21,34H,1-5H2,(H,33,35,36). The Balaban J connectivity index is 1.26. The Labute approximate surface area is 213 Å². The van der Waals surface area contributed by atoms with E-state index in [0.29, 0.717) is 5.65 Å². The number of rotatable bonds is 5. The summed E-state index contributed by atoms with van der Waals surface area (Å²) in [5, 5.41) is 9.60. The van der Waals surface area contributed by atoms with Crippen LogP contribution in [0.15, 0.2) is 73.6 Å². The number of aromatic amines is 2. The van der Waals surface area contributed by atoms with Gasteiger partial charge in [-0.15, -0.1) is 0 Å². The van der Waals surface area contributed by atoms with Crippen LogP contribution in [-0.2, 0) is 0 Å². The summed E-state index contributed by atoms with van der Waals surface area (Å²) in [6, 6.07) is 12.2. The van der Waals surface area contributed by atoms with E-state index in [1.807, 2.05) is 36.8 Å². The highest BCUT2D eigenvalue weighted by Crippen LogP contribution is 2.34. The maximum Gasteiger partial charge on any atom is 0.181 e. The molecule has 6 heterocycles. The molecule has 0 aromatic carbocycles. The van der Waals surface area contributed by atoms with Crippen LogP contribution in [0.1, 0.15) is 32.1 Å². The molecule has 0 unspecified atom stereocenters. The van der Waals surface area contributed by atoms with Gasteiger partial charge in [0.15, 0.2) is 5.65 Å². The first-order chi connectivity index (χ1) is 18.3. The van der Waals surface area contributed by atoms with E-state index >= 15 is 0 Å². The Morgan fingerprint density at radius 3 is 2.51 bits per heavy atom. The van der Waals surface area contributed by atoms with E-state index in [1.165, 1.54) is 19.3 Å².